The highest BCUT2D eigenvalue weighted by molar-refractivity contribution is 7.59. The molecule has 94 valence electrons. The Morgan fingerprint density at radius 3 is 1.50 bits per heavy atom. The van der Waals surface area contributed by atoms with E-state index in [1.54, 1.807) is 6.92 Å². The number of hydrogen-bond acceptors (Lipinski definition) is 1. The van der Waals surface area contributed by atoms with Crippen LogP contribution in [-0.2, 0) is 10.2 Å². The number of rotatable bonds is 3. The minimum absolute atomic E-state index is 0. The molecule has 0 bridgehead atoms. The van der Waals surface area contributed by atoms with E-state index in [0.29, 0.717) is 0 Å². The molecule has 0 aliphatic heterocycles. The number of carboxylic acids is 1. The molecule has 0 aliphatic rings. The van der Waals surface area contributed by atoms with Crippen LogP contribution in [0.3, 0.4) is 0 Å². The molecule has 0 aromatic heterocycles. The van der Waals surface area contributed by atoms with Crippen molar-refractivity contribution in [1.82, 2.24) is 0 Å². The molecule has 2 nitrogen and oxygen atoms in total. The fourth-order valence-electron chi connectivity index (χ4n) is 1.96. The molecule has 0 heterocycles. The van der Waals surface area contributed by atoms with Crippen LogP contribution < -0.4 is 0 Å². The molecule has 1 N–H and O–H groups in total. The lowest BCUT2D eigenvalue weighted by Crippen LogP contribution is -2.33. The minimum Gasteiger partial charge on any atom is -0.480 e. The predicted molar refractivity (Wildman–Crippen MR) is 77.4 cm³/mol. The molecule has 0 aliphatic carbocycles. The van der Waals surface area contributed by atoms with Gasteiger partial charge in [0.1, 0.15) is 5.41 Å². The van der Waals surface area contributed by atoms with Crippen LogP contribution in [-0.4, -0.2) is 11.1 Å². The van der Waals surface area contributed by atoms with Crippen LogP contribution in [0.5, 0.6) is 0 Å². The van der Waals surface area contributed by atoms with E-state index in [9.17, 15) is 9.90 Å². The van der Waals surface area contributed by atoms with Crippen molar-refractivity contribution in [2.24, 2.45) is 0 Å². The highest BCUT2D eigenvalue weighted by Crippen LogP contribution is 2.31. The molecule has 0 amide bonds. The van der Waals surface area contributed by atoms with Gasteiger partial charge in [-0.15, -0.1) is 0 Å². The van der Waals surface area contributed by atoms with Crippen molar-refractivity contribution < 1.29 is 9.90 Å². The molecule has 0 atom stereocenters. The summed E-state index contributed by atoms with van der Waals surface area (Å²) in [5.41, 5.74) is 0.583. The average Bonchev–Trinajstić information content (AvgIpc) is 2.39. The van der Waals surface area contributed by atoms with E-state index in [4.69, 9.17) is 0 Å². The Hall–Kier alpha value is -1.74. The molecule has 2 rings (SSSR count). The standard InChI is InChI=1S/C15H14O2.H2S/c1-15(14(16)17,12-8-4-2-5-9-12)13-10-6-3-7-11-13;/h2-11H,1H3,(H,16,17);1H2. The molecule has 3 heteroatoms. The van der Waals surface area contributed by atoms with Gasteiger partial charge in [0.15, 0.2) is 0 Å². The predicted octanol–water partition coefficient (Wildman–Crippen LogP) is 3.19. The summed E-state index contributed by atoms with van der Waals surface area (Å²) in [5.74, 6) is -0.838. The van der Waals surface area contributed by atoms with E-state index in [-0.39, 0.29) is 13.5 Å². The van der Waals surface area contributed by atoms with Gasteiger partial charge in [0.2, 0.25) is 0 Å². The van der Waals surface area contributed by atoms with Gasteiger partial charge in [0.25, 0.3) is 0 Å². The van der Waals surface area contributed by atoms with Crippen molar-refractivity contribution in [3.8, 4) is 0 Å². The van der Waals surface area contributed by atoms with Gasteiger partial charge in [-0.2, -0.15) is 13.5 Å². The molecule has 18 heavy (non-hydrogen) atoms. The maximum Gasteiger partial charge on any atom is 0.318 e. The third-order valence-corrected chi connectivity index (χ3v) is 3.13. The van der Waals surface area contributed by atoms with E-state index in [2.05, 4.69) is 0 Å². The van der Waals surface area contributed by atoms with Crippen molar-refractivity contribution in [3.05, 3.63) is 71.8 Å². The summed E-state index contributed by atoms with van der Waals surface area (Å²) in [4.78, 5) is 11.6. The third kappa shape index (κ3) is 2.41. The maximum absolute atomic E-state index is 11.6. The molecule has 0 saturated carbocycles. The summed E-state index contributed by atoms with van der Waals surface area (Å²) in [6, 6.07) is 18.6. The van der Waals surface area contributed by atoms with Gasteiger partial charge in [0.05, 0.1) is 0 Å². The first-order valence-electron chi connectivity index (χ1n) is 5.50. The van der Waals surface area contributed by atoms with Crippen LogP contribution in [0.25, 0.3) is 0 Å². The van der Waals surface area contributed by atoms with Crippen LogP contribution in [0.1, 0.15) is 18.1 Å². The third-order valence-electron chi connectivity index (χ3n) is 3.13. The van der Waals surface area contributed by atoms with Gasteiger partial charge >= 0.3 is 5.97 Å². The van der Waals surface area contributed by atoms with Crippen LogP contribution >= 0.6 is 13.5 Å². The van der Waals surface area contributed by atoms with E-state index in [0.717, 1.165) is 11.1 Å². The Labute approximate surface area is 114 Å². The SMILES string of the molecule is CC(C(=O)O)(c1ccccc1)c1ccccc1.S. The van der Waals surface area contributed by atoms with E-state index >= 15 is 0 Å². The van der Waals surface area contributed by atoms with Gasteiger partial charge < -0.3 is 5.11 Å². The van der Waals surface area contributed by atoms with Crippen molar-refractivity contribution in [2.75, 3.05) is 0 Å². The molecular formula is C15H16O2S. The van der Waals surface area contributed by atoms with Crippen LogP contribution in [0, 0.1) is 0 Å². The molecule has 2 aromatic rings. The van der Waals surface area contributed by atoms with Crippen molar-refractivity contribution in [3.63, 3.8) is 0 Å². The van der Waals surface area contributed by atoms with Crippen molar-refractivity contribution in [2.45, 2.75) is 12.3 Å². The lowest BCUT2D eigenvalue weighted by Gasteiger charge is -2.25. The number of carbonyl (C=O) groups is 1. The van der Waals surface area contributed by atoms with Crippen LogP contribution in [0.4, 0.5) is 0 Å². The van der Waals surface area contributed by atoms with Crippen LogP contribution in [0.15, 0.2) is 60.7 Å². The Morgan fingerprint density at radius 1 is 0.889 bits per heavy atom. The second-order valence-electron chi connectivity index (χ2n) is 4.16. The summed E-state index contributed by atoms with van der Waals surface area (Å²) >= 11 is 0. The molecular weight excluding hydrogens is 244 g/mol. The Kier molecular flexibility index (Phi) is 4.56. The lowest BCUT2D eigenvalue weighted by atomic mass is 9.76. The Morgan fingerprint density at radius 2 is 1.22 bits per heavy atom. The summed E-state index contributed by atoms with van der Waals surface area (Å²) < 4.78 is 0. The normalized spacial score (nSPS) is 10.5. The second-order valence-corrected chi connectivity index (χ2v) is 4.16. The van der Waals surface area contributed by atoms with E-state index < -0.39 is 11.4 Å². The van der Waals surface area contributed by atoms with Gasteiger partial charge in [0, 0.05) is 0 Å². The van der Waals surface area contributed by atoms with Gasteiger partial charge in [-0.25, -0.2) is 0 Å². The smallest absolute Gasteiger partial charge is 0.318 e. The topological polar surface area (TPSA) is 37.3 Å². The fraction of sp³-hybridized carbons (Fsp3) is 0.133. The zero-order valence-corrected chi connectivity index (χ0v) is 11.1. The second kappa shape index (κ2) is 5.74. The van der Waals surface area contributed by atoms with E-state index in [1.165, 1.54) is 0 Å². The number of carboxylic acid groups (broad SMARTS) is 1. The largest absolute Gasteiger partial charge is 0.480 e. The van der Waals surface area contributed by atoms with E-state index in [1.807, 2.05) is 60.7 Å². The first-order chi connectivity index (χ1) is 8.15. The highest BCUT2D eigenvalue weighted by atomic mass is 32.1. The molecule has 0 unspecified atom stereocenters. The average molecular weight is 260 g/mol. The first kappa shape index (κ1) is 14.3. The van der Waals surface area contributed by atoms with Gasteiger partial charge in [-0.3, -0.25) is 4.79 Å². The zero-order valence-electron chi connectivity index (χ0n) is 10.1. The molecule has 0 fully saturated rings. The minimum atomic E-state index is -0.998. The zero-order chi connectivity index (χ0) is 12.3. The quantitative estimate of drug-likeness (QED) is 0.920. The molecule has 0 spiro atoms. The van der Waals surface area contributed by atoms with Gasteiger partial charge in [-0.05, 0) is 18.1 Å². The summed E-state index contributed by atoms with van der Waals surface area (Å²) in [6.07, 6.45) is 0. The highest BCUT2D eigenvalue weighted by Gasteiger charge is 2.36. The summed E-state index contributed by atoms with van der Waals surface area (Å²) in [7, 11) is 0. The van der Waals surface area contributed by atoms with Crippen molar-refractivity contribution in [1.29, 1.82) is 0 Å². The summed E-state index contributed by atoms with van der Waals surface area (Å²) in [6.45, 7) is 1.74. The molecule has 0 saturated heterocycles. The van der Waals surface area contributed by atoms with Crippen LogP contribution in [0.2, 0.25) is 0 Å². The Bertz CT molecular complexity index is 469. The first-order valence-corrected chi connectivity index (χ1v) is 5.50. The number of aliphatic carboxylic acids is 1. The molecule has 2 aromatic carbocycles. The monoisotopic (exact) mass is 260 g/mol. The summed E-state index contributed by atoms with van der Waals surface area (Å²) in [5, 5.41) is 9.54. The fourth-order valence-corrected chi connectivity index (χ4v) is 1.96. The number of hydrogen-bond donors (Lipinski definition) is 1. The maximum atomic E-state index is 11.6. The Balaban J connectivity index is 0.00000162. The van der Waals surface area contributed by atoms with Crippen molar-refractivity contribution >= 4 is 19.5 Å². The lowest BCUT2D eigenvalue weighted by molar-refractivity contribution is -0.141. The number of benzene rings is 2. The molecule has 0 radical (unpaired) electrons. The van der Waals surface area contributed by atoms with Gasteiger partial charge in [-0.1, -0.05) is 60.7 Å².